The fraction of sp³-hybridized carbons (Fsp3) is 0.500. The molecule has 0 unspecified atom stereocenters. The lowest BCUT2D eigenvalue weighted by atomic mass is 10.2. The summed E-state index contributed by atoms with van der Waals surface area (Å²) < 4.78 is 4.25. The van der Waals surface area contributed by atoms with Gasteiger partial charge in [-0.1, -0.05) is 6.42 Å². The first-order chi connectivity index (χ1) is 6.92. The lowest BCUT2D eigenvalue weighted by Crippen LogP contribution is -2.03. The van der Waals surface area contributed by atoms with Crippen LogP contribution in [0.2, 0.25) is 0 Å². The van der Waals surface area contributed by atoms with Gasteiger partial charge in [-0.15, -0.1) is 11.6 Å². The molecule has 0 aliphatic rings. The van der Waals surface area contributed by atoms with E-state index in [2.05, 4.69) is 20.4 Å². The van der Waals surface area contributed by atoms with Crippen molar-refractivity contribution in [3.63, 3.8) is 0 Å². The van der Waals surface area contributed by atoms with Gasteiger partial charge >= 0.3 is 0 Å². The summed E-state index contributed by atoms with van der Waals surface area (Å²) in [5, 5.41) is 0. The fourth-order valence-electron chi connectivity index (χ4n) is 1.60. The number of hydrogen-bond acceptors (Lipinski definition) is 1. The molecule has 0 N–H and O–H groups in total. The predicted octanol–water partition coefficient (Wildman–Crippen LogP) is 2.54. The van der Waals surface area contributed by atoms with Gasteiger partial charge < -0.3 is 0 Å². The van der Waals surface area contributed by atoms with Crippen molar-refractivity contribution < 1.29 is 0 Å². The number of aryl methyl sites for hydroxylation is 1. The van der Waals surface area contributed by atoms with Crippen molar-refractivity contribution in [2.24, 2.45) is 0 Å². The lowest BCUT2D eigenvalue weighted by molar-refractivity contribution is 0.531. The van der Waals surface area contributed by atoms with E-state index in [0.717, 1.165) is 24.5 Å². The molecule has 0 amide bonds. The molecule has 0 aliphatic carbocycles. The second kappa shape index (κ2) is 4.51. The molecule has 2 rings (SSSR count). The molecule has 0 saturated heterocycles. The van der Waals surface area contributed by atoms with Crippen LogP contribution in [-0.2, 0) is 6.54 Å². The second-order valence-corrected chi connectivity index (χ2v) is 3.74. The zero-order chi connectivity index (χ0) is 9.80. The Hall–Kier alpha value is -0.960. The Morgan fingerprint density at radius 1 is 1.21 bits per heavy atom. The maximum Gasteiger partial charge on any atom is 0.152 e. The van der Waals surface area contributed by atoms with Crippen molar-refractivity contribution in [1.29, 1.82) is 0 Å². The first kappa shape index (κ1) is 9.59. The van der Waals surface area contributed by atoms with E-state index in [-0.39, 0.29) is 0 Å². The van der Waals surface area contributed by atoms with Crippen LogP contribution in [0.15, 0.2) is 24.7 Å². The highest BCUT2D eigenvalue weighted by Crippen LogP contribution is 2.05. The van der Waals surface area contributed by atoms with Gasteiger partial charge in [-0.25, -0.2) is 9.50 Å². The lowest BCUT2D eigenvalue weighted by Gasteiger charge is -2.03. The highest BCUT2D eigenvalue weighted by Gasteiger charge is 1.98. The molecule has 14 heavy (non-hydrogen) atoms. The number of rotatable bonds is 5. The minimum Gasteiger partial charge on any atom is -0.287 e. The van der Waals surface area contributed by atoms with Crippen LogP contribution in [0.3, 0.4) is 0 Å². The van der Waals surface area contributed by atoms with Gasteiger partial charge in [-0.2, -0.15) is 0 Å². The van der Waals surface area contributed by atoms with Crippen LogP contribution in [0.5, 0.6) is 0 Å². The fourth-order valence-corrected chi connectivity index (χ4v) is 1.79. The van der Waals surface area contributed by atoms with E-state index in [4.69, 9.17) is 11.6 Å². The largest absolute Gasteiger partial charge is 0.287 e. The molecule has 0 bridgehead atoms. The highest BCUT2D eigenvalue weighted by atomic mass is 35.5. The predicted molar refractivity (Wildman–Crippen MR) is 57.8 cm³/mol. The molecule has 0 spiro atoms. The topological polar surface area (TPSA) is 22.2 Å². The van der Waals surface area contributed by atoms with E-state index in [1.807, 2.05) is 18.5 Å². The van der Waals surface area contributed by atoms with Gasteiger partial charge in [0.1, 0.15) is 0 Å². The summed E-state index contributed by atoms with van der Waals surface area (Å²) >= 11 is 5.62. The van der Waals surface area contributed by atoms with Gasteiger partial charge in [0.25, 0.3) is 0 Å². The van der Waals surface area contributed by atoms with Crippen LogP contribution in [0.25, 0.3) is 5.65 Å². The molecule has 2 heterocycles. The first-order valence-electron chi connectivity index (χ1n) is 4.96. The van der Waals surface area contributed by atoms with E-state index >= 15 is 0 Å². The molecule has 0 fully saturated rings. The smallest absolute Gasteiger partial charge is 0.152 e. The third-order valence-corrected chi connectivity index (χ3v) is 2.61. The summed E-state index contributed by atoms with van der Waals surface area (Å²) in [4.78, 5) is 4.20. The minimum absolute atomic E-state index is 0.770. The highest BCUT2D eigenvalue weighted by molar-refractivity contribution is 6.17. The molecule has 4 heteroatoms. The Labute approximate surface area is 88.3 Å². The van der Waals surface area contributed by atoms with Crippen LogP contribution in [0.4, 0.5) is 0 Å². The average molecular weight is 212 g/mol. The van der Waals surface area contributed by atoms with E-state index in [0.29, 0.717) is 0 Å². The number of fused-ring (bicyclic) bond motifs is 1. The summed E-state index contributed by atoms with van der Waals surface area (Å²) in [6.45, 7) is 1.04. The Balaban J connectivity index is 1.94. The van der Waals surface area contributed by atoms with Crippen molar-refractivity contribution in [1.82, 2.24) is 14.2 Å². The first-order valence-corrected chi connectivity index (χ1v) is 5.50. The Morgan fingerprint density at radius 2 is 2.14 bits per heavy atom. The van der Waals surface area contributed by atoms with Crippen LogP contribution < -0.4 is 0 Å². The third kappa shape index (κ3) is 1.93. The summed E-state index contributed by atoms with van der Waals surface area (Å²) in [6, 6.07) is 2.03. The summed E-state index contributed by atoms with van der Waals surface area (Å²) in [6.07, 6.45) is 9.35. The quantitative estimate of drug-likeness (QED) is 0.551. The van der Waals surface area contributed by atoms with Gasteiger partial charge in [0.15, 0.2) is 5.65 Å². The minimum atomic E-state index is 0.770. The van der Waals surface area contributed by atoms with E-state index in [9.17, 15) is 0 Å². The average Bonchev–Trinajstić information content (AvgIpc) is 2.75. The molecule has 0 radical (unpaired) electrons. The summed E-state index contributed by atoms with van der Waals surface area (Å²) in [7, 11) is 0. The van der Waals surface area contributed by atoms with Crippen LogP contribution in [0.1, 0.15) is 19.3 Å². The SMILES string of the molecule is ClCCCCCn1ccc2nccn21. The summed E-state index contributed by atoms with van der Waals surface area (Å²) in [5.41, 5.74) is 1.02. The molecule has 0 aliphatic heterocycles. The summed E-state index contributed by atoms with van der Waals surface area (Å²) in [5.74, 6) is 0.770. The number of alkyl halides is 1. The molecular weight excluding hydrogens is 198 g/mol. The molecule has 2 aromatic rings. The van der Waals surface area contributed by atoms with Crippen molar-refractivity contribution in [3.05, 3.63) is 24.7 Å². The number of halogens is 1. The number of unbranched alkanes of at least 4 members (excludes halogenated alkanes) is 2. The van der Waals surface area contributed by atoms with Crippen LogP contribution in [0, 0.1) is 0 Å². The number of hydrogen-bond donors (Lipinski definition) is 0. The second-order valence-electron chi connectivity index (χ2n) is 3.36. The third-order valence-electron chi connectivity index (χ3n) is 2.34. The van der Waals surface area contributed by atoms with Gasteiger partial charge in [0.05, 0.1) is 0 Å². The number of imidazole rings is 1. The maximum atomic E-state index is 5.62. The molecule has 3 nitrogen and oxygen atoms in total. The molecule has 0 atom stereocenters. The Bertz CT molecular complexity index is 391. The van der Waals surface area contributed by atoms with Gasteiger partial charge in [-0.05, 0) is 12.8 Å². The normalized spacial score (nSPS) is 11.2. The molecule has 0 aromatic carbocycles. The molecule has 2 aromatic heterocycles. The van der Waals surface area contributed by atoms with Gasteiger partial charge in [-0.3, -0.25) is 4.68 Å². The van der Waals surface area contributed by atoms with Crippen molar-refractivity contribution >= 4 is 17.2 Å². The Morgan fingerprint density at radius 3 is 3.00 bits per heavy atom. The van der Waals surface area contributed by atoms with Crippen molar-refractivity contribution in [3.8, 4) is 0 Å². The zero-order valence-electron chi connectivity index (χ0n) is 8.06. The Kier molecular flexibility index (Phi) is 3.09. The van der Waals surface area contributed by atoms with E-state index in [1.165, 1.54) is 12.8 Å². The molecular formula is C10H14ClN3. The zero-order valence-corrected chi connectivity index (χ0v) is 8.82. The standard InChI is InChI=1S/C10H14ClN3/c11-5-2-1-3-7-13-8-4-10-12-6-9-14(10)13/h4,6,8-9H,1-3,5,7H2. The molecule has 0 saturated carbocycles. The number of nitrogens with zero attached hydrogens (tertiary/aromatic N) is 3. The van der Waals surface area contributed by atoms with E-state index in [1.54, 1.807) is 0 Å². The maximum absolute atomic E-state index is 5.62. The van der Waals surface area contributed by atoms with Gasteiger partial charge in [0, 0.05) is 37.1 Å². The van der Waals surface area contributed by atoms with Crippen molar-refractivity contribution in [2.45, 2.75) is 25.8 Å². The van der Waals surface area contributed by atoms with E-state index < -0.39 is 0 Å². The van der Waals surface area contributed by atoms with Crippen LogP contribution >= 0.6 is 11.6 Å². The monoisotopic (exact) mass is 211 g/mol. The van der Waals surface area contributed by atoms with Crippen molar-refractivity contribution in [2.75, 3.05) is 5.88 Å². The molecule has 76 valence electrons. The number of aromatic nitrogens is 3. The van der Waals surface area contributed by atoms with Crippen LogP contribution in [-0.4, -0.2) is 20.1 Å². The van der Waals surface area contributed by atoms with Gasteiger partial charge in [0.2, 0.25) is 0 Å².